The van der Waals surface area contributed by atoms with Gasteiger partial charge in [0.2, 0.25) is 0 Å². The Hall–Kier alpha value is -2.74. The molecule has 0 bridgehead atoms. The summed E-state index contributed by atoms with van der Waals surface area (Å²) in [7, 11) is 0. The number of benzene rings is 2. The highest BCUT2D eigenvalue weighted by Gasteiger charge is 2.19. The summed E-state index contributed by atoms with van der Waals surface area (Å²) in [6.45, 7) is 1.69. The highest BCUT2D eigenvalue weighted by Crippen LogP contribution is 2.16. The number of rotatable bonds is 3. The molecule has 0 fully saturated rings. The number of nitriles is 1. The fourth-order valence-corrected chi connectivity index (χ4v) is 1.91. The van der Waals surface area contributed by atoms with Crippen molar-refractivity contribution in [2.24, 2.45) is 0 Å². The van der Waals surface area contributed by atoms with Gasteiger partial charge in [0.05, 0.1) is 17.7 Å². The molecule has 0 saturated heterocycles. The molecule has 0 heterocycles. The quantitative estimate of drug-likeness (QED) is 0.941. The maximum atomic E-state index is 13.5. The lowest BCUT2D eigenvalue weighted by atomic mass is 10.1. The number of carbonyl (C=O) groups is 1. The van der Waals surface area contributed by atoms with E-state index in [2.05, 4.69) is 5.32 Å². The normalized spacial score (nSPS) is 11.5. The Kier molecular flexibility index (Phi) is 4.29. The number of hydrogen-bond acceptors (Lipinski definition) is 2. The Balaban J connectivity index is 2.17. The van der Waals surface area contributed by atoms with Gasteiger partial charge in [0, 0.05) is 0 Å². The molecule has 2 rings (SSSR count). The van der Waals surface area contributed by atoms with Crippen molar-refractivity contribution in [1.29, 1.82) is 5.26 Å². The van der Waals surface area contributed by atoms with E-state index in [0.717, 1.165) is 17.7 Å². The molecule has 2 aromatic rings. The molecule has 1 unspecified atom stereocenters. The van der Waals surface area contributed by atoms with Crippen LogP contribution in [0.5, 0.6) is 0 Å². The molecule has 0 aliphatic rings. The van der Waals surface area contributed by atoms with Crippen molar-refractivity contribution >= 4 is 5.91 Å². The number of hydrogen-bond donors (Lipinski definition) is 1. The Morgan fingerprint density at radius 2 is 1.71 bits per heavy atom. The van der Waals surface area contributed by atoms with Crippen molar-refractivity contribution in [1.82, 2.24) is 5.32 Å². The minimum Gasteiger partial charge on any atom is -0.345 e. The average molecular weight is 286 g/mol. The molecule has 21 heavy (non-hydrogen) atoms. The lowest BCUT2D eigenvalue weighted by Gasteiger charge is -2.15. The van der Waals surface area contributed by atoms with E-state index in [-0.39, 0.29) is 0 Å². The smallest absolute Gasteiger partial charge is 0.257 e. The Labute approximate surface area is 120 Å². The molecule has 1 amide bonds. The van der Waals surface area contributed by atoms with E-state index in [1.807, 2.05) is 6.07 Å². The van der Waals surface area contributed by atoms with Crippen molar-refractivity contribution in [2.75, 3.05) is 0 Å². The Bertz CT molecular complexity index is 685. The summed E-state index contributed by atoms with van der Waals surface area (Å²) < 4.78 is 27.0. The molecular weight excluding hydrogens is 274 g/mol. The van der Waals surface area contributed by atoms with Crippen LogP contribution >= 0.6 is 0 Å². The Morgan fingerprint density at radius 1 is 1.14 bits per heavy atom. The van der Waals surface area contributed by atoms with Crippen LogP contribution in [0.2, 0.25) is 0 Å². The molecule has 1 atom stereocenters. The highest BCUT2D eigenvalue weighted by molar-refractivity contribution is 5.95. The molecule has 0 spiro atoms. The number of nitrogens with zero attached hydrogens (tertiary/aromatic N) is 1. The van der Waals surface area contributed by atoms with Crippen LogP contribution in [-0.4, -0.2) is 5.91 Å². The van der Waals surface area contributed by atoms with Crippen molar-refractivity contribution in [3.8, 4) is 6.07 Å². The van der Waals surface area contributed by atoms with Gasteiger partial charge >= 0.3 is 0 Å². The summed E-state index contributed by atoms with van der Waals surface area (Å²) in [5.41, 5.74) is 0.634. The maximum Gasteiger partial charge on any atom is 0.257 e. The first-order valence-corrected chi connectivity index (χ1v) is 6.28. The first-order valence-electron chi connectivity index (χ1n) is 6.28. The van der Waals surface area contributed by atoms with Crippen LogP contribution in [0.1, 0.15) is 34.5 Å². The highest BCUT2D eigenvalue weighted by atomic mass is 19.1. The monoisotopic (exact) mass is 286 g/mol. The molecule has 0 aromatic heterocycles. The van der Waals surface area contributed by atoms with Gasteiger partial charge in [0.15, 0.2) is 0 Å². The van der Waals surface area contributed by atoms with Crippen LogP contribution in [0.25, 0.3) is 0 Å². The summed E-state index contributed by atoms with van der Waals surface area (Å²) in [6.07, 6.45) is 0. The fraction of sp³-hybridized carbons (Fsp3) is 0.125. The van der Waals surface area contributed by atoms with Gasteiger partial charge < -0.3 is 5.32 Å². The zero-order chi connectivity index (χ0) is 15.4. The lowest BCUT2D eigenvalue weighted by molar-refractivity contribution is 0.0931. The summed E-state index contributed by atoms with van der Waals surface area (Å²) in [5.74, 6) is -2.62. The van der Waals surface area contributed by atoms with Gasteiger partial charge in [-0.25, -0.2) is 8.78 Å². The maximum absolute atomic E-state index is 13.5. The second-order valence-electron chi connectivity index (χ2n) is 4.53. The van der Waals surface area contributed by atoms with E-state index >= 15 is 0 Å². The largest absolute Gasteiger partial charge is 0.345 e. The van der Waals surface area contributed by atoms with Gasteiger partial charge in [0.1, 0.15) is 17.2 Å². The van der Waals surface area contributed by atoms with Crippen molar-refractivity contribution in [3.05, 3.63) is 70.8 Å². The second kappa shape index (κ2) is 6.14. The van der Waals surface area contributed by atoms with Crippen molar-refractivity contribution in [3.63, 3.8) is 0 Å². The molecule has 0 saturated carbocycles. The third kappa shape index (κ3) is 3.23. The van der Waals surface area contributed by atoms with E-state index in [1.165, 1.54) is 6.07 Å². The van der Waals surface area contributed by atoms with Crippen molar-refractivity contribution in [2.45, 2.75) is 13.0 Å². The SMILES string of the molecule is CC(NC(=O)c1c(F)cccc1F)c1ccc(C#N)cc1. The first kappa shape index (κ1) is 14.7. The molecule has 0 aliphatic carbocycles. The standard InChI is InChI=1S/C16H12F2N2O/c1-10(12-7-5-11(9-19)6-8-12)20-16(21)15-13(17)3-2-4-14(15)18/h2-8,10H,1H3,(H,20,21). The van der Waals surface area contributed by atoms with Crippen LogP contribution in [0.4, 0.5) is 8.78 Å². The van der Waals surface area contributed by atoms with Gasteiger partial charge in [0.25, 0.3) is 5.91 Å². The molecule has 5 heteroatoms. The second-order valence-corrected chi connectivity index (χ2v) is 4.53. The van der Waals surface area contributed by atoms with E-state index in [9.17, 15) is 13.6 Å². The minimum absolute atomic E-state index is 0.441. The molecule has 1 N–H and O–H groups in total. The summed E-state index contributed by atoms with van der Waals surface area (Å²) in [6, 6.07) is 11.4. The zero-order valence-corrected chi connectivity index (χ0v) is 11.2. The van der Waals surface area contributed by atoms with Gasteiger partial charge in [-0.3, -0.25) is 4.79 Å². The topological polar surface area (TPSA) is 52.9 Å². The Morgan fingerprint density at radius 3 is 2.24 bits per heavy atom. The number of amides is 1. The molecular formula is C16H12F2N2O. The van der Waals surface area contributed by atoms with Crippen LogP contribution in [0.3, 0.4) is 0 Å². The van der Waals surface area contributed by atoms with E-state index < -0.39 is 29.1 Å². The third-order valence-electron chi connectivity index (χ3n) is 3.08. The summed E-state index contributed by atoms with van der Waals surface area (Å²) in [5, 5.41) is 11.2. The van der Waals surface area contributed by atoms with Crippen LogP contribution in [0, 0.1) is 23.0 Å². The van der Waals surface area contributed by atoms with Crippen LogP contribution in [-0.2, 0) is 0 Å². The molecule has 106 valence electrons. The predicted octanol–water partition coefficient (Wildman–Crippen LogP) is 3.33. The number of halogens is 2. The van der Waals surface area contributed by atoms with Crippen molar-refractivity contribution < 1.29 is 13.6 Å². The molecule has 0 aliphatic heterocycles. The summed E-state index contributed by atoms with van der Waals surface area (Å²) in [4.78, 5) is 11.9. The van der Waals surface area contributed by atoms with Gasteiger partial charge in [-0.15, -0.1) is 0 Å². The van der Waals surface area contributed by atoms with Crippen LogP contribution < -0.4 is 5.32 Å². The number of nitrogens with one attached hydrogen (secondary N) is 1. The van der Waals surface area contributed by atoms with Gasteiger partial charge in [-0.1, -0.05) is 18.2 Å². The fourth-order valence-electron chi connectivity index (χ4n) is 1.91. The minimum atomic E-state index is -0.903. The predicted molar refractivity (Wildman–Crippen MR) is 73.4 cm³/mol. The van der Waals surface area contributed by atoms with E-state index in [1.54, 1.807) is 31.2 Å². The van der Waals surface area contributed by atoms with E-state index in [0.29, 0.717) is 5.56 Å². The van der Waals surface area contributed by atoms with Crippen LogP contribution in [0.15, 0.2) is 42.5 Å². The number of carbonyl (C=O) groups excluding carboxylic acids is 1. The zero-order valence-electron chi connectivity index (χ0n) is 11.2. The molecule has 3 nitrogen and oxygen atoms in total. The summed E-state index contributed by atoms with van der Waals surface area (Å²) >= 11 is 0. The van der Waals surface area contributed by atoms with Gasteiger partial charge in [-0.05, 0) is 36.8 Å². The lowest BCUT2D eigenvalue weighted by Crippen LogP contribution is -2.28. The third-order valence-corrected chi connectivity index (χ3v) is 3.08. The molecule has 0 radical (unpaired) electrons. The average Bonchev–Trinajstić information content (AvgIpc) is 2.47. The van der Waals surface area contributed by atoms with Gasteiger partial charge in [-0.2, -0.15) is 5.26 Å². The molecule has 2 aromatic carbocycles. The first-order chi connectivity index (χ1) is 10.0. The van der Waals surface area contributed by atoms with E-state index in [4.69, 9.17) is 5.26 Å².